The highest BCUT2D eigenvalue weighted by Gasteiger charge is 2.24. The number of aliphatic hydroxyl groups excluding tert-OH is 1. The van der Waals surface area contributed by atoms with Crippen LogP contribution in [-0.4, -0.2) is 18.2 Å². The molecule has 0 spiro atoms. The van der Waals surface area contributed by atoms with Gasteiger partial charge in [-0.25, -0.2) is 0 Å². The third kappa shape index (κ3) is 4.19. The minimum absolute atomic E-state index is 0.330. The van der Waals surface area contributed by atoms with Crippen LogP contribution in [0.2, 0.25) is 0 Å². The Bertz CT molecular complexity index is 561. The molecule has 1 aliphatic rings. The molecule has 1 unspecified atom stereocenters. The number of rotatable bonds is 5. The van der Waals surface area contributed by atoms with E-state index < -0.39 is 6.10 Å². The molecule has 0 saturated carbocycles. The molecule has 0 aliphatic carbocycles. The van der Waals surface area contributed by atoms with E-state index in [1.54, 1.807) is 0 Å². The Morgan fingerprint density at radius 3 is 2.55 bits per heavy atom. The Kier molecular flexibility index (Phi) is 6.17. The predicted molar refractivity (Wildman–Crippen MR) is 94.6 cm³/mol. The Hall–Kier alpha value is -1.64. The highest BCUT2D eigenvalue weighted by atomic mass is 16.3. The Morgan fingerprint density at radius 1 is 1.23 bits per heavy atom. The average Bonchev–Trinajstić information content (AvgIpc) is 2.56. The van der Waals surface area contributed by atoms with Crippen molar-refractivity contribution in [2.45, 2.75) is 32.8 Å². The quantitative estimate of drug-likeness (QED) is 0.796. The molecule has 1 aliphatic heterocycles. The van der Waals surface area contributed by atoms with E-state index in [1.165, 1.54) is 5.57 Å². The number of aliphatic hydroxyl groups is 1. The first-order valence-corrected chi connectivity index (χ1v) is 8.09. The van der Waals surface area contributed by atoms with E-state index >= 15 is 0 Å². The van der Waals surface area contributed by atoms with Gasteiger partial charge in [0.2, 0.25) is 0 Å². The second-order valence-corrected chi connectivity index (χ2v) is 6.19. The lowest BCUT2D eigenvalue weighted by atomic mass is 9.84. The van der Waals surface area contributed by atoms with E-state index in [0.717, 1.165) is 42.6 Å². The summed E-state index contributed by atoms with van der Waals surface area (Å²) < 4.78 is 0. The lowest BCUT2D eigenvalue weighted by Gasteiger charge is -2.28. The SMILES string of the molecule is C=C/C(=C\C=C(C)C)c1ccccc1C(O)C1CCNCC1. The van der Waals surface area contributed by atoms with Crippen molar-refractivity contribution < 1.29 is 5.11 Å². The van der Waals surface area contributed by atoms with Crippen LogP contribution in [-0.2, 0) is 0 Å². The third-order valence-corrected chi connectivity index (χ3v) is 4.24. The van der Waals surface area contributed by atoms with Gasteiger partial charge in [0.25, 0.3) is 0 Å². The molecule has 2 N–H and O–H groups in total. The standard InChI is InChI=1S/C20H27NO/c1-4-16(10-9-15(2)3)18-7-5-6-8-19(18)20(22)17-11-13-21-14-12-17/h4-10,17,20-22H,1,11-14H2,2-3H3/b16-10+. The first-order valence-electron chi connectivity index (χ1n) is 8.09. The molecular formula is C20H27NO. The summed E-state index contributed by atoms with van der Waals surface area (Å²) in [6, 6.07) is 8.15. The van der Waals surface area contributed by atoms with E-state index in [4.69, 9.17) is 0 Å². The van der Waals surface area contributed by atoms with Crippen LogP contribution in [0.25, 0.3) is 5.57 Å². The molecule has 0 aromatic heterocycles. The van der Waals surface area contributed by atoms with Crippen LogP contribution in [0.4, 0.5) is 0 Å². The van der Waals surface area contributed by atoms with Gasteiger partial charge in [-0.1, -0.05) is 54.6 Å². The molecule has 1 heterocycles. The molecule has 1 aromatic carbocycles. The highest BCUT2D eigenvalue weighted by molar-refractivity contribution is 5.77. The van der Waals surface area contributed by atoms with Crippen LogP contribution < -0.4 is 5.32 Å². The summed E-state index contributed by atoms with van der Waals surface area (Å²) in [7, 11) is 0. The van der Waals surface area contributed by atoms with Gasteiger partial charge < -0.3 is 10.4 Å². The van der Waals surface area contributed by atoms with Gasteiger partial charge in [-0.2, -0.15) is 0 Å². The lowest BCUT2D eigenvalue weighted by Crippen LogP contribution is -2.31. The summed E-state index contributed by atoms with van der Waals surface area (Å²) in [6.07, 6.45) is 7.68. The van der Waals surface area contributed by atoms with E-state index in [-0.39, 0.29) is 0 Å². The lowest BCUT2D eigenvalue weighted by molar-refractivity contribution is 0.0887. The van der Waals surface area contributed by atoms with Crippen molar-refractivity contribution in [1.82, 2.24) is 5.32 Å². The number of benzene rings is 1. The maximum absolute atomic E-state index is 10.8. The van der Waals surface area contributed by atoms with Crippen LogP contribution in [0.5, 0.6) is 0 Å². The summed E-state index contributed by atoms with van der Waals surface area (Å²) in [6.45, 7) is 10.1. The van der Waals surface area contributed by atoms with Gasteiger partial charge in [0.1, 0.15) is 0 Å². The third-order valence-electron chi connectivity index (χ3n) is 4.24. The molecule has 0 amide bonds. The topological polar surface area (TPSA) is 32.3 Å². The molecule has 118 valence electrons. The molecule has 2 heteroatoms. The monoisotopic (exact) mass is 297 g/mol. The minimum atomic E-state index is -0.409. The second-order valence-electron chi connectivity index (χ2n) is 6.19. The minimum Gasteiger partial charge on any atom is -0.388 e. The summed E-state index contributed by atoms with van der Waals surface area (Å²) >= 11 is 0. The number of allylic oxidation sites excluding steroid dienone is 5. The maximum atomic E-state index is 10.8. The number of hydrogen-bond acceptors (Lipinski definition) is 2. The van der Waals surface area contributed by atoms with Gasteiger partial charge >= 0.3 is 0 Å². The molecule has 22 heavy (non-hydrogen) atoms. The van der Waals surface area contributed by atoms with Crippen molar-refractivity contribution in [3.8, 4) is 0 Å². The van der Waals surface area contributed by atoms with E-state index in [1.807, 2.05) is 24.3 Å². The van der Waals surface area contributed by atoms with Gasteiger partial charge in [0.05, 0.1) is 6.10 Å². The Morgan fingerprint density at radius 2 is 1.91 bits per heavy atom. The summed E-state index contributed by atoms with van der Waals surface area (Å²) in [4.78, 5) is 0. The van der Waals surface area contributed by atoms with Crippen LogP contribution in [0.1, 0.15) is 43.9 Å². The van der Waals surface area contributed by atoms with E-state index in [0.29, 0.717) is 5.92 Å². The molecule has 0 bridgehead atoms. The number of hydrogen-bond donors (Lipinski definition) is 2. The number of piperidine rings is 1. The second kappa shape index (κ2) is 8.11. The van der Waals surface area contributed by atoms with E-state index in [2.05, 4.69) is 44.0 Å². The van der Waals surface area contributed by atoms with Crippen molar-refractivity contribution in [2.75, 3.05) is 13.1 Å². The number of nitrogens with one attached hydrogen (secondary N) is 1. The highest BCUT2D eigenvalue weighted by Crippen LogP contribution is 2.33. The molecule has 1 fully saturated rings. The average molecular weight is 297 g/mol. The van der Waals surface area contributed by atoms with Gasteiger partial charge in [0.15, 0.2) is 0 Å². The molecule has 2 rings (SSSR count). The molecule has 2 nitrogen and oxygen atoms in total. The van der Waals surface area contributed by atoms with Gasteiger partial charge in [-0.15, -0.1) is 0 Å². The normalized spacial score (nSPS) is 17.9. The smallest absolute Gasteiger partial charge is 0.0825 e. The first-order chi connectivity index (χ1) is 10.6. The fourth-order valence-corrected chi connectivity index (χ4v) is 2.96. The molecular weight excluding hydrogens is 270 g/mol. The zero-order chi connectivity index (χ0) is 15.9. The molecule has 1 atom stereocenters. The largest absolute Gasteiger partial charge is 0.388 e. The fraction of sp³-hybridized carbons (Fsp3) is 0.400. The van der Waals surface area contributed by atoms with Crippen molar-refractivity contribution >= 4 is 5.57 Å². The molecule has 0 radical (unpaired) electrons. The zero-order valence-electron chi connectivity index (χ0n) is 13.7. The van der Waals surface area contributed by atoms with Crippen molar-refractivity contribution in [3.63, 3.8) is 0 Å². The van der Waals surface area contributed by atoms with Crippen LogP contribution in [0.3, 0.4) is 0 Å². The van der Waals surface area contributed by atoms with Crippen molar-refractivity contribution in [2.24, 2.45) is 5.92 Å². The van der Waals surface area contributed by atoms with E-state index in [9.17, 15) is 5.11 Å². The predicted octanol–water partition coefficient (Wildman–Crippen LogP) is 4.26. The summed E-state index contributed by atoms with van der Waals surface area (Å²) in [5.41, 5.74) is 4.41. The van der Waals surface area contributed by atoms with Crippen molar-refractivity contribution in [1.29, 1.82) is 0 Å². The van der Waals surface area contributed by atoms with Gasteiger partial charge in [0, 0.05) is 0 Å². The summed E-state index contributed by atoms with van der Waals surface area (Å²) in [5, 5.41) is 14.2. The zero-order valence-corrected chi connectivity index (χ0v) is 13.7. The first kappa shape index (κ1) is 16.7. The Labute approximate surface area is 134 Å². The summed E-state index contributed by atoms with van der Waals surface area (Å²) in [5.74, 6) is 0.330. The van der Waals surface area contributed by atoms with Crippen LogP contribution in [0.15, 0.2) is 54.6 Å². The Balaban J connectivity index is 2.34. The van der Waals surface area contributed by atoms with Gasteiger partial charge in [-0.05, 0) is 62.4 Å². The van der Waals surface area contributed by atoms with Gasteiger partial charge in [-0.3, -0.25) is 0 Å². The van der Waals surface area contributed by atoms with Crippen LogP contribution >= 0.6 is 0 Å². The maximum Gasteiger partial charge on any atom is 0.0825 e. The fourth-order valence-electron chi connectivity index (χ4n) is 2.96. The van der Waals surface area contributed by atoms with Crippen molar-refractivity contribution in [3.05, 3.63) is 65.8 Å². The van der Waals surface area contributed by atoms with Crippen LogP contribution in [0, 0.1) is 5.92 Å². The molecule has 1 aromatic rings. The molecule has 1 saturated heterocycles.